The van der Waals surface area contributed by atoms with Crippen LogP contribution in [0.2, 0.25) is 0 Å². The molecule has 96 valence electrons. The summed E-state index contributed by atoms with van der Waals surface area (Å²) >= 11 is 0. The third-order valence-electron chi connectivity index (χ3n) is 4.57. The van der Waals surface area contributed by atoms with Crippen LogP contribution in [0.15, 0.2) is 0 Å². The monoisotopic (exact) mass is 237 g/mol. The number of aliphatic hydroxyl groups is 1. The van der Waals surface area contributed by atoms with Crippen LogP contribution < -0.4 is 0 Å². The van der Waals surface area contributed by atoms with E-state index in [9.17, 15) is 10.4 Å². The van der Waals surface area contributed by atoms with E-state index in [0.717, 1.165) is 38.5 Å². The van der Waals surface area contributed by atoms with E-state index in [1.165, 1.54) is 0 Å². The number of nitrogens with zero attached hydrogens (tertiary/aromatic N) is 1. The van der Waals surface area contributed by atoms with E-state index in [1.54, 1.807) is 0 Å². The molecule has 0 amide bonds. The molecule has 2 aliphatic rings. The lowest BCUT2D eigenvalue weighted by Crippen LogP contribution is -2.44. The van der Waals surface area contributed by atoms with E-state index in [-0.39, 0.29) is 12.2 Å². The second-order valence-corrected chi connectivity index (χ2v) is 5.96. The van der Waals surface area contributed by atoms with Gasteiger partial charge in [0.2, 0.25) is 0 Å². The zero-order valence-corrected chi connectivity index (χ0v) is 10.9. The molecule has 0 bridgehead atoms. The van der Waals surface area contributed by atoms with Crippen molar-refractivity contribution < 1.29 is 9.84 Å². The molecule has 1 saturated carbocycles. The molecule has 0 aromatic heterocycles. The summed E-state index contributed by atoms with van der Waals surface area (Å²) in [6, 6.07) is 2.40. The van der Waals surface area contributed by atoms with Crippen LogP contribution in [0.25, 0.3) is 0 Å². The van der Waals surface area contributed by atoms with Crippen LogP contribution in [0.1, 0.15) is 52.4 Å². The van der Waals surface area contributed by atoms with E-state index in [2.05, 4.69) is 13.0 Å². The molecule has 0 radical (unpaired) electrons. The van der Waals surface area contributed by atoms with Crippen LogP contribution >= 0.6 is 0 Å². The molecule has 1 N–H and O–H groups in total. The van der Waals surface area contributed by atoms with E-state index in [4.69, 9.17) is 4.74 Å². The Bertz CT molecular complexity index is 302. The first kappa shape index (κ1) is 12.9. The quantitative estimate of drug-likeness (QED) is 0.803. The van der Waals surface area contributed by atoms with Crippen molar-refractivity contribution in [3.63, 3.8) is 0 Å². The van der Waals surface area contributed by atoms with Crippen molar-refractivity contribution in [1.29, 1.82) is 5.26 Å². The first-order valence-electron chi connectivity index (χ1n) is 6.82. The maximum Gasteiger partial charge on any atom is 0.0987 e. The molecule has 2 rings (SSSR count). The number of nitriles is 1. The molecule has 3 nitrogen and oxygen atoms in total. The topological polar surface area (TPSA) is 53.2 Å². The molecule has 1 aliphatic carbocycles. The molecule has 3 atom stereocenters. The van der Waals surface area contributed by atoms with Crippen LogP contribution in [0.5, 0.6) is 0 Å². The predicted octanol–water partition coefficient (Wildman–Crippen LogP) is 2.63. The molecule has 0 aromatic rings. The highest BCUT2D eigenvalue weighted by Crippen LogP contribution is 2.44. The van der Waals surface area contributed by atoms with Crippen molar-refractivity contribution in [1.82, 2.24) is 0 Å². The lowest BCUT2D eigenvalue weighted by atomic mass is 9.67. The van der Waals surface area contributed by atoms with Crippen molar-refractivity contribution >= 4 is 0 Å². The zero-order chi connectivity index (χ0) is 12.5. The van der Waals surface area contributed by atoms with Crippen molar-refractivity contribution in [3.05, 3.63) is 0 Å². The summed E-state index contributed by atoms with van der Waals surface area (Å²) in [5.74, 6) is 0.687. The van der Waals surface area contributed by atoms with Gasteiger partial charge in [0.05, 0.1) is 29.8 Å². The Morgan fingerprint density at radius 3 is 2.35 bits per heavy atom. The minimum absolute atomic E-state index is 0.127. The fourth-order valence-corrected chi connectivity index (χ4v) is 3.17. The largest absolute Gasteiger partial charge is 0.389 e. The summed E-state index contributed by atoms with van der Waals surface area (Å²) in [5.41, 5.74) is -0.554. The average Bonchev–Trinajstić information content (AvgIpc) is 2.76. The lowest BCUT2D eigenvalue weighted by molar-refractivity contribution is -0.0841. The summed E-state index contributed by atoms with van der Waals surface area (Å²) < 4.78 is 5.73. The minimum atomic E-state index is -0.607. The maximum atomic E-state index is 10.5. The highest BCUT2D eigenvalue weighted by atomic mass is 16.5. The molecule has 3 heteroatoms. The van der Waals surface area contributed by atoms with Gasteiger partial charge in [-0.15, -0.1) is 0 Å². The van der Waals surface area contributed by atoms with E-state index in [1.807, 2.05) is 6.92 Å². The van der Waals surface area contributed by atoms with Gasteiger partial charge in [0.25, 0.3) is 0 Å². The van der Waals surface area contributed by atoms with Gasteiger partial charge in [-0.2, -0.15) is 5.26 Å². The SMILES string of the molecule is CC1CCC(C#N)(C(O)C2CCC(C)O2)CC1. The molecule has 0 aromatic carbocycles. The van der Waals surface area contributed by atoms with Gasteiger partial charge < -0.3 is 9.84 Å². The summed E-state index contributed by atoms with van der Waals surface area (Å²) in [6.45, 7) is 4.26. The van der Waals surface area contributed by atoms with Crippen molar-refractivity contribution in [2.24, 2.45) is 11.3 Å². The van der Waals surface area contributed by atoms with Crippen molar-refractivity contribution in [3.8, 4) is 6.07 Å². The number of hydrogen-bond donors (Lipinski definition) is 1. The van der Waals surface area contributed by atoms with Gasteiger partial charge >= 0.3 is 0 Å². The smallest absolute Gasteiger partial charge is 0.0987 e. The number of hydrogen-bond acceptors (Lipinski definition) is 3. The normalized spacial score (nSPS) is 44.2. The van der Waals surface area contributed by atoms with E-state index in [0.29, 0.717) is 5.92 Å². The van der Waals surface area contributed by atoms with Gasteiger partial charge in [-0.05, 0) is 51.4 Å². The van der Waals surface area contributed by atoms with Crippen LogP contribution in [0.3, 0.4) is 0 Å². The van der Waals surface area contributed by atoms with Gasteiger partial charge in [-0.1, -0.05) is 6.92 Å². The molecule has 17 heavy (non-hydrogen) atoms. The van der Waals surface area contributed by atoms with Crippen LogP contribution in [-0.4, -0.2) is 23.4 Å². The number of ether oxygens (including phenoxy) is 1. The van der Waals surface area contributed by atoms with E-state index >= 15 is 0 Å². The van der Waals surface area contributed by atoms with Crippen molar-refractivity contribution in [2.45, 2.75) is 70.7 Å². The molecule has 1 saturated heterocycles. The van der Waals surface area contributed by atoms with Gasteiger partial charge in [0, 0.05) is 0 Å². The standard InChI is InChI=1S/C14H23NO2/c1-10-5-7-14(9-15,8-6-10)13(16)12-4-3-11(2)17-12/h10-13,16H,3-8H2,1-2H3. The maximum absolute atomic E-state index is 10.5. The summed E-state index contributed by atoms with van der Waals surface area (Å²) in [5, 5.41) is 19.9. The highest BCUT2D eigenvalue weighted by Gasteiger charge is 2.46. The van der Waals surface area contributed by atoms with Crippen LogP contribution in [0.4, 0.5) is 0 Å². The summed E-state index contributed by atoms with van der Waals surface area (Å²) in [4.78, 5) is 0. The predicted molar refractivity (Wildman–Crippen MR) is 65.3 cm³/mol. The van der Waals surface area contributed by atoms with Crippen LogP contribution in [0, 0.1) is 22.7 Å². The average molecular weight is 237 g/mol. The highest BCUT2D eigenvalue weighted by molar-refractivity contribution is 5.08. The fraction of sp³-hybridized carbons (Fsp3) is 0.929. The Hall–Kier alpha value is -0.590. The number of rotatable bonds is 2. The van der Waals surface area contributed by atoms with E-state index < -0.39 is 11.5 Å². The van der Waals surface area contributed by atoms with Gasteiger partial charge in [0.15, 0.2) is 0 Å². The Labute approximate surface area is 104 Å². The minimum Gasteiger partial charge on any atom is -0.389 e. The molecule has 1 heterocycles. The molecule has 3 unspecified atom stereocenters. The Balaban J connectivity index is 2.05. The van der Waals surface area contributed by atoms with Gasteiger partial charge in [-0.25, -0.2) is 0 Å². The molecular weight excluding hydrogens is 214 g/mol. The lowest BCUT2D eigenvalue weighted by Gasteiger charge is -2.39. The Morgan fingerprint density at radius 1 is 1.24 bits per heavy atom. The second-order valence-electron chi connectivity index (χ2n) is 5.96. The third-order valence-corrected chi connectivity index (χ3v) is 4.57. The Kier molecular flexibility index (Phi) is 3.75. The fourth-order valence-electron chi connectivity index (χ4n) is 3.17. The molecule has 1 aliphatic heterocycles. The summed E-state index contributed by atoms with van der Waals surface area (Å²) in [6.07, 6.45) is 5.12. The first-order valence-corrected chi connectivity index (χ1v) is 6.82. The Morgan fingerprint density at radius 2 is 1.88 bits per heavy atom. The van der Waals surface area contributed by atoms with Crippen molar-refractivity contribution in [2.75, 3.05) is 0 Å². The zero-order valence-electron chi connectivity index (χ0n) is 10.9. The molecule has 2 fully saturated rings. The number of aliphatic hydroxyl groups excluding tert-OH is 1. The second kappa shape index (κ2) is 4.96. The van der Waals surface area contributed by atoms with Crippen LogP contribution in [-0.2, 0) is 4.74 Å². The third kappa shape index (κ3) is 2.48. The molecule has 0 spiro atoms. The van der Waals surface area contributed by atoms with Gasteiger partial charge in [0.1, 0.15) is 0 Å². The molecular formula is C14H23NO2. The summed E-state index contributed by atoms with van der Waals surface area (Å²) in [7, 11) is 0. The first-order chi connectivity index (χ1) is 8.07. The van der Waals surface area contributed by atoms with Gasteiger partial charge in [-0.3, -0.25) is 0 Å².